The summed E-state index contributed by atoms with van der Waals surface area (Å²) in [6, 6.07) is 0.764. The van der Waals surface area contributed by atoms with Gasteiger partial charge in [0.15, 0.2) is 0 Å². The number of rotatable bonds is 8. The first-order valence-electron chi connectivity index (χ1n) is 7.22. The first kappa shape index (κ1) is 14.0. The molecule has 0 aliphatic carbocycles. The average Bonchev–Trinajstić information content (AvgIpc) is 2.71. The molecule has 0 bridgehead atoms. The second kappa shape index (κ2) is 8.08. The predicted molar refractivity (Wildman–Crippen MR) is 71.8 cm³/mol. The molecule has 1 aliphatic heterocycles. The highest BCUT2D eigenvalue weighted by molar-refractivity contribution is 4.78. The predicted octanol–water partition coefficient (Wildman–Crippen LogP) is 2.89. The van der Waals surface area contributed by atoms with E-state index in [-0.39, 0.29) is 0 Å². The van der Waals surface area contributed by atoms with Gasteiger partial charge >= 0.3 is 0 Å². The van der Waals surface area contributed by atoms with Crippen LogP contribution in [0.1, 0.15) is 52.9 Å². The zero-order chi connectivity index (χ0) is 11.8. The van der Waals surface area contributed by atoms with Crippen molar-refractivity contribution in [1.29, 1.82) is 0 Å². The molecule has 0 aromatic heterocycles. The summed E-state index contributed by atoms with van der Waals surface area (Å²) in [6.07, 6.45) is 6.73. The monoisotopic (exact) mass is 226 g/mol. The number of nitrogens with one attached hydrogen (secondary N) is 1. The molecule has 16 heavy (non-hydrogen) atoms. The van der Waals surface area contributed by atoms with Crippen molar-refractivity contribution in [3.05, 3.63) is 0 Å². The fourth-order valence-electron chi connectivity index (χ4n) is 2.82. The van der Waals surface area contributed by atoms with E-state index < -0.39 is 0 Å². The molecular weight excluding hydrogens is 196 g/mol. The van der Waals surface area contributed by atoms with Crippen LogP contribution in [0.5, 0.6) is 0 Å². The van der Waals surface area contributed by atoms with Gasteiger partial charge in [-0.3, -0.25) is 0 Å². The summed E-state index contributed by atoms with van der Waals surface area (Å²) in [5.74, 6) is 0.859. The van der Waals surface area contributed by atoms with E-state index in [9.17, 15) is 0 Å². The Labute approximate surface area is 102 Å². The van der Waals surface area contributed by atoms with E-state index in [2.05, 4.69) is 31.0 Å². The van der Waals surface area contributed by atoms with Gasteiger partial charge in [-0.2, -0.15) is 0 Å². The Kier molecular flexibility index (Phi) is 7.06. The van der Waals surface area contributed by atoms with Gasteiger partial charge in [0.1, 0.15) is 0 Å². The summed E-state index contributed by atoms with van der Waals surface area (Å²) in [5.41, 5.74) is 0. The highest BCUT2D eigenvalue weighted by atomic mass is 15.2. The number of hydrogen-bond donors (Lipinski definition) is 1. The van der Waals surface area contributed by atoms with Crippen molar-refractivity contribution in [3.63, 3.8) is 0 Å². The third-order valence-electron chi connectivity index (χ3n) is 3.53. The van der Waals surface area contributed by atoms with Crippen LogP contribution in [0.15, 0.2) is 0 Å². The van der Waals surface area contributed by atoms with Gasteiger partial charge in [0.2, 0.25) is 0 Å². The van der Waals surface area contributed by atoms with Gasteiger partial charge in [-0.05, 0) is 44.7 Å². The fourth-order valence-corrected chi connectivity index (χ4v) is 2.82. The molecule has 0 amide bonds. The minimum absolute atomic E-state index is 0.764. The molecule has 2 unspecified atom stereocenters. The summed E-state index contributed by atoms with van der Waals surface area (Å²) in [5, 5.41) is 3.61. The second-order valence-corrected chi connectivity index (χ2v) is 5.45. The summed E-state index contributed by atoms with van der Waals surface area (Å²) >= 11 is 0. The molecule has 1 saturated heterocycles. The zero-order valence-electron chi connectivity index (χ0n) is 11.5. The molecule has 1 N–H and O–H groups in total. The van der Waals surface area contributed by atoms with E-state index in [0.717, 1.165) is 12.0 Å². The normalized spacial score (nSPS) is 22.9. The lowest BCUT2D eigenvalue weighted by atomic mass is 10.0. The van der Waals surface area contributed by atoms with Crippen molar-refractivity contribution in [2.24, 2.45) is 5.92 Å². The highest BCUT2D eigenvalue weighted by Gasteiger charge is 2.18. The van der Waals surface area contributed by atoms with Crippen LogP contribution in [0.4, 0.5) is 0 Å². The molecule has 0 aromatic rings. The molecule has 2 heteroatoms. The van der Waals surface area contributed by atoms with Crippen LogP contribution in [-0.4, -0.2) is 37.1 Å². The summed E-state index contributed by atoms with van der Waals surface area (Å²) in [7, 11) is 0. The molecule has 2 nitrogen and oxygen atoms in total. The van der Waals surface area contributed by atoms with Crippen molar-refractivity contribution in [1.82, 2.24) is 10.2 Å². The maximum atomic E-state index is 3.61. The lowest BCUT2D eigenvalue weighted by Crippen LogP contribution is -2.40. The second-order valence-electron chi connectivity index (χ2n) is 5.45. The molecule has 1 fully saturated rings. The number of hydrogen-bond acceptors (Lipinski definition) is 2. The van der Waals surface area contributed by atoms with Gasteiger partial charge in [0.25, 0.3) is 0 Å². The van der Waals surface area contributed by atoms with Crippen LogP contribution in [-0.2, 0) is 0 Å². The Morgan fingerprint density at radius 1 is 1.31 bits per heavy atom. The van der Waals surface area contributed by atoms with Crippen LogP contribution >= 0.6 is 0 Å². The van der Waals surface area contributed by atoms with Crippen LogP contribution in [0.2, 0.25) is 0 Å². The molecule has 0 radical (unpaired) electrons. The minimum Gasteiger partial charge on any atom is -0.313 e. The lowest BCUT2D eigenvalue weighted by molar-refractivity contribution is 0.213. The van der Waals surface area contributed by atoms with Crippen molar-refractivity contribution >= 4 is 0 Å². The van der Waals surface area contributed by atoms with E-state index in [1.54, 1.807) is 0 Å². The van der Waals surface area contributed by atoms with E-state index >= 15 is 0 Å². The van der Waals surface area contributed by atoms with E-state index in [1.807, 2.05) is 0 Å². The molecule has 0 spiro atoms. The van der Waals surface area contributed by atoms with Gasteiger partial charge in [-0.15, -0.1) is 0 Å². The van der Waals surface area contributed by atoms with Crippen LogP contribution < -0.4 is 5.32 Å². The van der Waals surface area contributed by atoms with Crippen molar-refractivity contribution in [2.45, 2.75) is 58.9 Å². The van der Waals surface area contributed by atoms with Gasteiger partial charge < -0.3 is 10.2 Å². The Balaban J connectivity index is 2.27. The van der Waals surface area contributed by atoms with Gasteiger partial charge in [0.05, 0.1) is 0 Å². The molecule has 1 rings (SSSR count). The Hall–Kier alpha value is -0.0800. The topological polar surface area (TPSA) is 15.3 Å². The van der Waals surface area contributed by atoms with Crippen molar-refractivity contribution in [3.8, 4) is 0 Å². The quantitative estimate of drug-likeness (QED) is 0.684. The Bertz CT molecular complexity index is 164. The first-order chi connectivity index (χ1) is 7.76. The minimum atomic E-state index is 0.764. The molecular formula is C14H30N2. The maximum absolute atomic E-state index is 3.61. The fraction of sp³-hybridized carbons (Fsp3) is 1.00. The molecule has 0 saturated carbocycles. The summed E-state index contributed by atoms with van der Waals surface area (Å²) < 4.78 is 0. The molecule has 0 aromatic carbocycles. The maximum Gasteiger partial charge on any atom is 0.0195 e. The van der Waals surface area contributed by atoms with E-state index in [0.29, 0.717) is 0 Å². The van der Waals surface area contributed by atoms with E-state index in [1.165, 1.54) is 58.3 Å². The van der Waals surface area contributed by atoms with Crippen molar-refractivity contribution < 1.29 is 0 Å². The standard InChI is InChI=1S/C14H30N2/c1-4-7-13(3)11-16(10-5-2)12-14-8-6-9-15-14/h13-15H,4-12H2,1-3H3. The van der Waals surface area contributed by atoms with Crippen LogP contribution in [0, 0.1) is 5.92 Å². The van der Waals surface area contributed by atoms with Gasteiger partial charge in [0, 0.05) is 19.1 Å². The van der Waals surface area contributed by atoms with E-state index in [4.69, 9.17) is 0 Å². The van der Waals surface area contributed by atoms with Gasteiger partial charge in [-0.1, -0.05) is 27.2 Å². The SMILES string of the molecule is CCCC(C)CN(CCC)CC1CCCN1. The Morgan fingerprint density at radius 3 is 2.69 bits per heavy atom. The molecule has 1 aliphatic rings. The molecule has 2 atom stereocenters. The largest absolute Gasteiger partial charge is 0.313 e. The molecule has 96 valence electrons. The smallest absolute Gasteiger partial charge is 0.0195 e. The third-order valence-corrected chi connectivity index (χ3v) is 3.53. The van der Waals surface area contributed by atoms with Gasteiger partial charge in [-0.25, -0.2) is 0 Å². The summed E-state index contributed by atoms with van der Waals surface area (Å²) in [4.78, 5) is 2.67. The Morgan fingerprint density at radius 2 is 2.12 bits per heavy atom. The first-order valence-corrected chi connectivity index (χ1v) is 7.22. The lowest BCUT2D eigenvalue weighted by Gasteiger charge is -2.28. The van der Waals surface area contributed by atoms with Crippen molar-refractivity contribution in [2.75, 3.05) is 26.2 Å². The zero-order valence-corrected chi connectivity index (χ0v) is 11.5. The number of nitrogens with zero attached hydrogens (tertiary/aromatic N) is 1. The van der Waals surface area contributed by atoms with Crippen LogP contribution in [0.3, 0.4) is 0 Å². The molecule has 1 heterocycles. The third kappa shape index (κ3) is 5.31. The average molecular weight is 226 g/mol. The summed E-state index contributed by atoms with van der Waals surface area (Å²) in [6.45, 7) is 12.0. The highest BCUT2D eigenvalue weighted by Crippen LogP contribution is 2.11. The van der Waals surface area contributed by atoms with Crippen LogP contribution in [0.25, 0.3) is 0 Å².